The number of hydrogen-bond donors (Lipinski definition) is 2. The van der Waals surface area contributed by atoms with Gasteiger partial charge in [0.1, 0.15) is 0 Å². The first-order valence-corrected chi connectivity index (χ1v) is 6.27. The van der Waals surface area contributed by atoms with Crippen molar-refractivity contribution in [2.24, 2.45) is 5.73 Å². The fourth-order valence-electron chi connectivity index (χ4n) is 1.52. The number of carbonyl (C=O) groups excluding carboxylic acids is 1. The molecule has 0 radical (unpaired) electrons. The number of amides is 1. The van der Waals surface area contributed by atoms with Crippen molar-refractivity contribution in [1.29, 1.82) is 0 Å². The van der Waals surface area contributed by atoms with Gasteiger partial charge in [0.15, 0.2) is 0 Å². The van der Waals surface area contributed by atoms with Gasteiger partial charge in [-0.05, 0) is 29.5 Å². The summed E-state index contributed by atoms with van der Waals surface area (Å²) in [6, 6.07) is 13.0. The molecule has 4 heteroatoms. The van der Waals surface area contributed by atoms with Crippen molar-refractivity contribution in [2.45, 2.75) is 12.5 Å². The second kappa shape index (κ2) is 5.61. The zero-order valence-corrected chi connectivity index (χ0v) is 10.1. The fourth-order valence-corrected chi connectivity index (χ4v) is 2.14. The van der Waals surface area contributed by atoms with Crippen LogP contribution in [0.15, 0.2) is 47.8 Å². The van der Waals surface area contributed by atoms with Gasteiger partial charge in [-0.1, -0.05) is 30.3 Å². The standard InChI is InChI=1S/C13H14N2OS/c14-11(9-10-5-2-1-3-6-10)13(16)15-12-7-4-8-17-12/h1-8,11H,9,14H2,(H,15,16)/t11-/m0/s1. The van der Waals surface area contributed by atoms with Crippen molar-refractivity contribution in [1.82, 2.24) is 0 Å². The van der Waals surface area contributed by atoms with E-state index in [1.165, 1.54) is 11.3 Å². The van der Waals surface area contributed by atoms with Crippen LogP contribution >= 0.6 is 11.3 Å². The molecule has 0 saturated heterocycles. The van der Waals surface area contributed by atoms with Crippen LogP contribution < -0.4 is 11.1 Å². The lowest BCUT2D eigenvalue weighted by atomic mass is 10.1. The molecule has 0 aliphatic rings. The monoisotopic (exact) mass is 246 g/mol. The van der Waals surface area contributed by atoms with Gasteiger partial charge in [0.2, 0.25) is 5.91 Å². The zero-order chi connectivity index (χ0) is 12.1. The van der Waals surface area contributed by atoms with Crippen LogP contribution in [-0.2, 0) is 11.2 Å². The molecule has 3 N–H and O–H groups in total. The molecule has 0 aliphatic heterocycles. The quantitative estimate of drug-likeness (QED) is 0.869. The summed E-state index contributed by atoms with van der Waals surface area (Å²) in [5.41, 5.74) is 6.93. The minimum Gasteiger partial charge on any atom is -0.320 e. The molecule has 3 nitrogen and oxygen atoms in total. The number of nitrogens with two attached hydrogens (primary N) is 1. The van der Waals surface area contributed by atoms with Gasteiger partial charge in [0, 0.05) is 0 Å². The number of anilines is 1. The third kappa shape index (κ3) is 3.41. The van der Waals surface area contributed by atoms with Crippen LogP contribution in [0.3, 0.4) is 0 Å². The zero-order valence-electron chi connectivity index (χ0n) is 9.30. The van der Waals surface area contributed by atoms with Crippen LogP contribution in [0, 0.1) is 0 Å². The summed E-state index contributed by atoms with van der Waals surface area (Å²) in [6.45, 7) is 0. The highest BCUT2D eigenvalue weighted by Crippen LogP contribution is 2.15. The SMILES string of the molecule is N[C@@H](Cc1ccccc1)C(=O)Nc1cccs1. The van der Waals surface area contributed by atoms with Gasteiger partial charge >= 0.3 is 0 Å². The third-order valence-electron chi connectivity index (χ3n) is 2.40. The predicted molar refractivity (Wildman–Crippen MR) is 71.1 cm³/mol. The number of carbonyl (C=O) groups is 1. The molecule has 2 aromatic rings. The minimum atomic E-state index is -0.514. The van der Waals surface area contributed by atoms with E-state index in [-0.39, 0.29) is 5.91 Å². The maximum atomic E-state index is 11.8. The van der Waals surface area contributed by atoms with Gasteiger partial charge in [-0.15, -0.1) is 11.3 Å². The number of rotatable bonds is 4. The van der Waals surface area contributed by atoms with E-state index >= 15 is 0 Å². The lowest BCUT2D eigenvalue weighted by Crippen LogP contribution is -2.37. The topological polar surface area (TPSA) is 55.1 Å². The van der Waals surface area contributed by atoms with E-state index in [0.717, 1.165) is 10.6 Å². The van der Waals surface area contributed by atoms with Gasteiger partial charge in [-0.3, -0.25) is 4.79 Å². The molecule has 1 aromatic carbocycles. The Kier molecular flexibility index (Phi) is 3.90. The summed E-state index contributed by atoms with van der Waals surface area (Å²) < 4.78 is 0. The van der Waals surface area contributed by atoms with Gasteiger partial charge in [0.25, 0.3) is 0 Å². The molecule has 1 heterocycles. The first-order valence-electron chi connectivity index (χ1n) is 5.39. The van der Waals surface area contributed by atoms with Gasteiger partial charge < -0.3 is 11.1 Å². The number of nitrogens with one attached hydrogen (secondary N) is 1. The Bertz CT molecular complexity index is 467. The summed E-state index contributed by atoms with van der Waals surface area (Å²) in [5.74, 6) is -0.142. The van der Waals surface area contributed by atoms with Crippen molar-refractivity contribution in [2.75, 3.05) is 5.32 Å². The Morgan fingerprint density at radius 1 is 1.24 bits per heavy atom. The summed E-state index contributed by atoms with van der Waals surface area (Å²) in [4.78, 5) is 11.8. The highest BCUT2D eigenvalue weighted by molar-refractivity contribution is 7.14. The van der Waals surface area contributed by atoms with E-state index < -0.39 is 6.04 Å². The number of thiophene rings is 1. The lowest BCUT2D eigenvalue weighted by Gasteiger charge is -2.11. The third-order valence-corrected chi connectivity index (χ3v) is 3.19. The van der Waals surface area contributed by atoms with E-state index in [1.54, 1.807) is 0 Å². The Morgan fingerprint density at radius 3 is 2.65 bits per heavy atom. The van der Waals surface area contributed by atoms with Crippen molar-refractivity contribution >= 4 is 22.2 Å². The Hall–Kier alpha value is -1.65. The van der Waals surface area contributed by atoms with E-state index in [9.17, 15) is 4.79 Å². The van der Waals surface area contributed by atoms with Crippen LogP contribution in [0.4, 0.5) is 5.00 Å². The fraction of sp³-hybridized carbons (Fsp3) is 0.154. The molecule has 0 spiro atoms. The van der Waals surface area contributed by atoms with Crippen LogP contribution in [0.5, 0.6) is 0 Å². The van der Waals surface area contributed by atoms with Crippen molar-refractivity contribution in [3.05, 3.63) is 53.4 Å². The Balaban J connectivity index is 1.92. The van der Waals surface area contributed by atoms with Crippen molar-refractivity contribution in [3.8, 4) is 0 Å². The molecule has 1 atom stereocenters. The predicted octanol–water partition coefficient (Wildman–Crippen LogP) is 2.26. The summed E-state index contributed by atoms with van der Waals surface area (Å²) >= 11 is 1.49. The molecule has 0 aliphatic carbocycles. The van der Waals surface area contributed by atoms with Crippen LogP contribution in [0.2, 0.25) is 0 Å². The van der Waals surface area contributed by atoms with Crippen LogP contribution in [-0.4, -0.2) is 11.9 Å². The van der Waals surface area contributed by atoms with Gasteiger partial charge in [-0.2, -0.15) is 0 Å². The van der Waals surface area contributed by atoms with Crippen LogP contribution in [0.1, 0.15) is 5.56 Å². The average Bonchev–Trinajstić information content (AvgIpc) is 2.83. The molecule has 0 fully saturated rings. The van der Waals surface area contributed by atoms with E-state index in [1.807, 2.05) is 47.8 Å². The van der Waals surface area contributed by atoms with Crippen molar-refractivity contribution < 1.29 is 4.79 Å². The van der Waals surface area contributed by atoms with Crippen LogP contribution in [0.25, 0.3) is 0 Å². The summed E-state index contributed by atoms with van der Waals surface area (Å²) in [7, 11) is 0. The molecule has 0 bridgehead atoms. The maximum Gasteiger partial charge on any atom is 0.242 e. The molecule has 0 unspecified atom stereocenters. The smallest absolute Gasteiger partial charge is 0.242 e. The molecule has 0 saturated carbocycles. The van der Waals surface area contributed by atoms with Gasteiger partial charge in [0.05, 0.1) is 11.0 Å². The molecule has 1 aromatic heterocycles. The maximum absolute atomic E-state index is 11.8. The van der Waals surface area contributed by atoms with E-state index in [4.69, 9.17) is 5.73 Å². The molecular formula is C13H14N2OS. The Morgan fingerprint density at radius 2 is 2.00 bits per heavy atom. The molecule has 17 heavy (non-hydrogen) atoms. The molecule has 1 amide bonds. The lowest BCUT2D eigenvalue weighted by molar-refractivity contribution is -0.117. The number of hydrogen-bond acceptors (Lipinski definition) is 3. The second-order valence-electron chi connectivity index (χ2n) is 3.76. The summed E-state index contributed by atoms with van der Waals surface area (Å²) in [6.07, 6.45) is 0.554. The first kappa shape index (κ1) is 11.8. The molecular weight excluding hydrogens is 232 g/mol. The highest BCUT2D eigenvalue weighted by atomic mass is 32.1. The molecule has 2 rings (SSSR count). The second-order valence-corrected chi connectivity index (χ2v) is 4.71. The van der Waals surface area contributed by atoms with Gasteiger partial charge in [-0.25, -0.2) is 0 Å². The van der Waals surface area contributed by atoms with E-state index in [2.05, 4.69) is 5.32 Å². The minimum absolute atomic E-state index is 0.142. The van der Waals surface area contributed by atoms with Crippen molar-refractivity contribution in [3.63, 3.8) is 0 Å². The number of benzene rings is 1. The Labute approximate surface area is 104 Å². The first-order chi connectivity index (χ1) is 8.25. The molecule has 88 valence electrons. The average molecular weight is 246 g/mol. The summed E-state index contributed by atoms with van der Waals surface area (Å²) in [5, 5.41) is 5.54. The largest absolute Gasteiger partial charge is 0.320 e. The normalized spacial score (nSPS) is 12.1. The highest BCUT2D eigenvalue weighted by Gasteiger charge is 2.14. The van der Waals surface area contributed by atoms with E-state index in [0.29, 0.717) is 6.42 Å².